The predicted octanol–water partition coefficient (Wildman–Crippen LogP) is 1.01. The lowest BCUT2D eigenvalue weighted by Gasteiger charge is -2.21. The molecule has 0 unspecified atom stereocenters. The zero-order chi connectivity index (χ0) is 9.84. The van der Waals surface area contributed by atoms with Crippen LogP contribution in [0.3, 0.4) is 0 Å². The first-order chi connectivity index (χ1) is 6.16. The van der Waals surface area contributed by atoms with Gasteiger partial charge in [0.15, 0.2) is 0 Å². The van der Waals surface area contributed by atoms with Crippen LogP contribution in [0.5, 0.6) is 0 Å². The van der Waals surface area contributed by atoms with Crippen molar-refractivity contribution < 1.29 is 5.11 Å². The molecule has 3 heteroatoms. The summed E-state index contributed by atoms with van der Waals surface area (Å²) < 4.78 is 0. The first kappa shape index (κ1) is 9.86. The fourth-order valence-electron chi connectivity index (χ4n) is 1.46. The molecule has 0 aliphatic carbocycles. The van der Waals surface area contributed by atoms with Gasteiger partial charge in [-0.15, -0.1) is 0 Å². The average molecular weight is 180 g/mol. The van der Waals surface area contributed by atoms with E-state index in [0.717, 1.165) is 16.9 Å². The van der Waals surface area contributed by atoms with Crippen molar-refractivity contribution in [2.75, 3.05) is 30.8 Å². The van der Waals surface area contributed by atoms with Crippen LogP contribution < -0.4 is 10.6 Å². The van der Waals surface area contributed by atoms with Crippen molar-refractivity contribution >= 4 is 11.4 Å². The van der Waals surface area contributed by atoms with Gasteiger partial charge >= 0.3 is 0 Å². The van der Waals surface area contributed by atoms with Gasteiger partial charge in [-0.05, 0) is 18.6 Å². The molecule has 0 saturated carbocycles. The molecule has 0 spiro atoms. The summed E-state index contributed by atoms with van der Waals surface area (Å²) in [6, 6.07) is 5.82. The standard InChI is InChI=1S/C10H16N2O/c1-8-4-3-5-9(11)10(8)12(2)6-7-13/h3-5,13H,6-7,11H2,1-2H3. The number of anilines is 2. The molecule has 72 valence electrons. The SMILES string of the molecule is Cc1cccc(N)c1N(C)CCO. The quantitative estimate of drug-likeness (QED) is 0.682. The maximum Gasteiger partial charge on any atom is 0.0627 e. The van der Waals surface area contributed by atoms with Crippen molar-refractivity contribution in [1.82, 2.24) is 0 Å². The molecule has 0 amide bonds. The Bertz CT molecular complexity index is 266. The zero-order valence-electron chi connectivity index (χ0n) is 8.12. The molecule has 0 saturated heterocycles. The third-order valence-corrected chi connectivity index (χ3v) is 2.09. The normalized spacial score (nSPS) is 10.1. The number of aliphatic hydroxyl groups is 1. The van der Waals surface area contributed by atoms with E-state index in [0.29, 0.717) is 6.54 Å². The lowest BCUT2D eigenvalue weighted by Crippen LogP contribution is -2.23. The van der Waals surface area contributed by atoms with Crippen LogP contribution >= 0.6 is 0 Å². The topological polar surface area (TPSA) is 49.5 Å². The van der Waals surface area contributed by atoms with Crippen LogP contribution in [0.15, 0.2) is 18.2 Å². The second-order valence-corrected chi connectivity index (χ2v) is 3.16. The molecule has 0 bridgehead atoms. The summed E-state index contributed by atoms with van der Waals surface area (Å²) in [6.45, 7) is 2.76. The van der Waals surface area contributed by atoms with E-state index in [4.69, 9.17) is 10.8 Å². The van der Waals surface area contributed by atoms with E-state index in [9.17, 15) is 0 Å². The van der Waals surface area contributed by atoms with Gasteiger partial charge in [-0.2, -0.15) is 0 Å². The Labute approximate surface area is 78.8 Å². The van der Waals surface area contributed by atoms with E-state index < -0.39 is 0 Å². The van der Waals surface area contributed by atoms with Gasteiger partial charge in [-0.25, -0.2) is 0 Å². The molecular formula is C10H16N2O. The maximum absolute atomic E-state index is 8.80. The molecule has 0 aromatic heterocycles. The van der Waals surface area contributed by atoms with E-state index in [2.05, 4.69) is 0 Å². The molecule has 1 rings (SSSR count). The number of aliphatic hydroxyl groups excluding tert-OH is 1. The van der Waals surface area contributed by atoms with Gasteiger partial charge < -0.3 is 15.7 Å². The van der Waals surface area contributed by atoms with Crippen LogP contribution in [-0.2, 0) is 0 Å². The second-order valence-electron chi connectivity index (χ2n) is 3.16. The summed E-state index contributed by atoms with van der Waals surface area (Å²) in [5, 5.41) is 8.80. The van der Waals surface area contributed by atoms with Gasteiger partial charge in [0.25, 0.3) is 0 Å². The number of likely N-dealkylation sites (N-methyl/N-ethyl adjacent to an activating group) is 1. The van der Waals surface area contributed by atoms with E-state index in [1.54, 1.807) is 0 Å². The summed E-state index contributed by atoms with van der Waals surface area (Å²) in [7, 11) is 1.93. The molecule has 0 aliphatic rings. The number of hydrogen-bond acceptors (Lipinski definition) is 3. The molecule has 0 atom stereocenters. The highest BCUT2D eigenvalue weighted by atomic mass is 16.3. The summed E-state index contributed by atoms with van der Waals surface area (Å²) >= 11 is 0. The lowest BCUT2D eigenvalue weighted by atomic mass is 10.1. The van der Waals surface area contributed by atoms with Gasteiger partial charge in [0, 0.05) is 13.6 Å². The van der Waals surface area contributed by atoms with Crippen molar-refractivity contribution in [1.29, 1.82) is 0 Å². The molecule has 0 radical (unpaired) electrons. The molecule has 3 nitrogen and oxygen atoms in total. The fourth-order valence-corrected chi connectivity index (χ4v) is 1.46. The fraction of sp³-hybridized carbons (Fsp3) is 0.400. The summed E-state index contributed by atoms with van der Waals surface area (Å²) in [5.41, 5.74) is 8.74. The van der Waals surface area contributed by atoms with Crippen LogP contribution in [0.2, 0.25) is 0 Å². The largest absolute Gasteiger partial charge is 0.397 e. The van der Waals surface area contributed by atoms with Crippen molar-refractivity contribution in [3.63, 3.8) is 0 Å². The number of nitrogens with two attached hydrogens (primary N) is 1. The first-order valence-corrected chi connectivity index (χ1v) is 4.34. The van der Waals surface area contributed by atoms with Gasteiger partial charge in [0.1, 0.15) is 0 Å². The predicted molar refractivity (Wildman–Crippen MR) is 55.9 cm³/mol. The minimum Gasteiger partial charge on any atom is -0.397 e. The van der Waals surface area contributed by atoms with E-state index in [1.165, 1.54) is 0 Å². The summed E-state index contributed by atoms with van der Waals surface area (Å²) in [6.07, 6.45) is 0. The first-order valence-electron chi connectivity index (χ1n) is 4.34. The van der Waals surface area contributed by atoms with Crippen LogP contribution in [-0.4, -0.2) is 25.3 Å². The smallest absolute Gasteiger partial charge is 0.0627 e. The summed E-state index contributed by atoms with van der Waals surface area (Å²) in [5.74, 6) is 0. The van der Waals surface area contributed by atoms with Crippen LogP contribution in [0.25, 0.3) is 0 Å². The molecule has 13 heavy (non-hydrogen) atoms. The number of nitrogens with zero attached hydrogens (tertiary/aromatic N) is 1. The van der Waals surface area contributed by atoms with Gasteiger partial charge in [0.2, 0.25) is 0 Å². The molecule has 3 N–H and O–H groups in total. The minimum absolute atomic E-state index is 0.143. The Balaban J connectivity index is 2.98. The maximum atomic E-state index is 8.80. The second kappa shape index (κ2) is 4.14. The average Bonchev–Trinajstić information content (AvgIpc) is 2.04. The summed E-state index contributed by atoms with van der Waals surface area (Å²) in [4.78, 5) is 1.96. The Kier molecular flexibility index (Phi) is 3.14. The minimum atomic E-state index is 0.143. The molecule has 0 heterocycles. The molecule has 1 aromatic rings. The van der Waals surface area contributed by atoms with Crippen molar-refractivity contribution in [3.05, 3.63) is 23.8 Å². The van der Waals surface area contributed by atoms with Crippen LogP contribution in [0.4, 0.5) is 11.4 Å². The van der Waals surface area contributed by atoms with Gasteiger partial charge in [-0.3, -0.25) is 0 Å². The van der Waals surface area contributed by atoms with E-state index in [1.807, 2.05) is 37.1 Å². The Hall–Kier alpha value is -1.22. The lowest BCUT2D eigenvalue weighted by molar-refractivity contribution is 0.304. The number of nitrogen functional groups attached to an aromatic ring is 1. The third kappa shape index (κ3) is 2.12. The Morgan fingerprint density at radius 3 is 2.69 bits per heavy atom. The molecular weight excluding hydrogens is 164 g/mol. The highest BCUT2D eigenvalue weighted by molar-refractivity contribution is 5.70. The number of aryl methyl sites for hydroxylation is 1. The highest BCUT2D eigenvalue weighted by Crippen LogP contribution is 2.25. The monoisotopic (exact) mass is 180 g/mol. The van der Waals surface area contributed by atoms with Crippen LogP contribution in [0.1, 0.15) is 5.56 Å². The molecule has 0 aliphatic heterocycles. The van der Waals surface area contributed by atoms with Crippen LogP contribution in [0, 0.1) is 6.92 Å². The zero-order valence-corrected chi connectivity index (χ0v) is 8.12. The Morgan fingerprint density at radius 2 is 2.15 bits per heavy atom. The van der Waals surface area contributed by atoms with Gasteiger partial charge in [0.05, 0.1) is 18.0 Å². The van der Waals surface area contributed by atoms with E-state index >= 15 is 0 Å². The van der Waals surface area contributed by atoms with Crippen molar-refractivity contribution in [3.8, 4) is 0 Å². The van der Waals surface area contributed by atoms with E-state index in [-0.39, 0.29) is 6.61 Å². The third-order valence-electron chi connectivity index (χ3n) is 2.09. The molecule has 1 aromatic carbocycles. The van der Waals surface area contributed by atoms with Crippen molar-refractivity contribution in [2.24, 2.45) is 0 Å². The van der Waals surface area contributed by atoms with Gasteiger partial charge in [-0.1, -0.05) is 12.1 Å². The molecule has 0 fully saturated rings. The number of hydrogen-bond donors (Lipinski definition) is 2. The Morgan fingerprint density at radius 1 is 1.46 bits per heavy atom. The number of rotatable bonds is 3. The highest BCUT2D eigenvalue weighted by Gasteiger charge is 2.06. The number of benzene rings is 1. The van der Waals surface area contributed by atoms with Crippen molar-refractivity contribution in [2.45, 2.75) is 6.92 Å². The number of para-hydroxylation sites is 1.